The Bertz CT molecular complexity index is 1280. The second kappa shape index (κ2) is 9.24. The molecule has 2 aliphatic carbocycles. The third-order valence-corrected chi connectivity index (χ3v) is 7.29. The minimum atomic E-state index is -4.66. The molecule has 1 atom stereocenters. The van der Waals surface area contributed by atoms with Crippen LogP contribution in [0.25, 0.3) is 5.57 Å². The van der Waals surface area contributed by atoms with Crippen molar-refractivity contribution in [3.05, 3.63) is 64.7 Å². The maximum atomic E-state index is 13.4. The number of aliphatic hydroxyl groups excluding tert-OH is 1. The van der Waals surface area contributed by atoms with Crippen LogP contribution in [0.2, 0.25) is 0 Å². The fourth-order valence-corrected chi connectivity index (χ4v) is 5.34. The van der Waals surface area contributed by atoms with Crippen LogP contribution in [0.4, 0.5) is 33.3 Å². The summed E-state index contributed by atoms with van der Waals surface area (Å²) in [6, 6.07) is 8.41. The summed E-state index contributed by atoms with van der Waals surface area (Å²) >= 11 is 0. The highest BCUT2D eigenvalue weighted by atomic mass is 19.4. The Morgan fingerprint density at radius 1 is 1.11 bits per heavy atom. The van der Waals surface area contributed by atoms with Gasteiger partial charge in [-0.3, -0.25) is 9.59 Å². The second-order valence-corrected chi connectivity index (χ2v) is 9.93. The first-order valence-electron chi connectivity index (χ1n) is 12.1. The molecule has 5 nitrogen and oxygen atoms in total. The number of halogens is 5. The van der Waals surface area contributed by atoms with Crippen LogP contribution < -0.4 is 10.2 Å². The minimum absolute atomic E-state index is 0.0265. The molecule has 10 heteroatoms. The van der Waals surface area contributed by atoms with E-state index < -0.39 is 54.3 Å². The molecule has 1 heterocycles. The molecule has 0 aromatic heterocycles. The van der Waals surface area contributed by atoms with E-state index >= 15 is 0 Å². The molecule has 1 aliphatic heterocycles. The van der Waals surface area contributed by atoms with E-state index in [1.165, 1.54) is 12.1 Å². The molecule has 1 saturated carbocycles. The van der Waals surface area contributed by atoms with Gasteiger partial charge in [-0.2, -0.15) is 13.2 Å². The third-order valence-electron chi connectivity index (χ3n) is 7.29. The number of hydrogen-bond donors (Lipinski definition) is 2. The number of carbonyl (C=O) groups is 2. The molecule has 3 aliphatic rings. The van der Waals surface area contributed by atoms with Gasteiger partial charge in [0.05, 0.1) is 17.4 Å². The van der Waals surface area contributed by atoms with Crippen LogP contribution in [-0.4, -0.2) is 35.5 Å². The van der Waals surface area contributed by atoms with Gasteiger partial charge < -0.3 is 15.3 Å². The SMILES string of the molecule is O=C(C=C1CCN(C(=O)C2CC(F)(F)C2)c2cc(C(F)(F)F)ccc21)Nc1cccc2c1CC(O)CC2. The molecule has 0 radical (unpaired) electrons. The number of fused-ring (bicyclic) bond motifs is 2. The molecule has 2 N–H and O–H groups in total. The molecule has 37 heavy (non-hydrogen) atoms. The highest BCUT2D eigenvalue weighted by Gasteiger charge is 2.50. The molecule has 2 amide bonds. The van der Waals surface area contributed by atoms with Crippen molar-refractivity contribution in [1.82, 2.24) is 0 Å². The summed E-state index contributed by atoms with van der Waals surface area (Å²) in [5.74, 6) is -5.02. The Balaban J connectivity index is 1.44. The fourth-order valence-electron chi connectivity index (χ4n) is 5.34. The first kappa shape index (κ1) is 25.4. The van der Waals surface area contributed by atoms with Crippen LogP contribution >= 0.6 is 0 Å². The van der Waals surface area contributed by atoms with E-state index in [2.05, 4.69) is 5.32 Å². The molecule has 0 spiro atoms. The van der Waals surface area contributed by atoms with Crippen LogP contribution in [0.1, 0.15) is 47.9 Å². The van der Waals surface area contributed by atoms with Crippen molar-refractivity contribution >= 4 is 28.8 Å². The highest BCUT2D eigenvalue weighted by Crippen LogP contribution is 2.46. The van der Waals surface area contributed by atoms with Crippen LogP contribution in [0.5, 0.6) is 0 Å². The fraction of sp³-hybridized carbons (Fsp3) is 0.407. The lowest BCUT2D eigenvalue weighted by atomic mass is 9.79. The standard InChI is InChI=1S/C27H25F5N2O3/c28-26(29)13-17(14-26)25(37)34-9-8-16(20-7-5-18(11-23(20)34)27(30,31)32)10-24(36)33-22-3-1-2-15-4-6-19(35)12-21(15)22/h1-3,5,7,10-11,17,19,35H,4,6,8-9,12-14H2,(H,33,36). The number of carbonyl (C=O) groups excluding carboxylic acids is 2. The van der Waals surface area contributed by atoms with E-state index in [-0.39, 0.29) is 24.2 Å². The molecule has 2 aromatic rings. The first-order valence-corrected chi connectivity index (χ1v) is 12.1. The predicted molar refractivity (Wildman–Crippen MR) is 127 cm³/mol. The molecule has 1 fully saturated rings. The Labute approximate surface area is 210 Å². The van der Waals surface area contributed by atoms with Crippen LogP contribution in [0.3, 0.4) is 0 Å². The first-order chi connectivity index (χ1) is 17.4. The van der Waals surface area contributed by atoms with Gasteiger partial charge in [-0.25, -0.2) is 8.78 Å². The monoisotopic (exact) mass is 520 g/mol. The van der Waals surface area contributed by atoms with Gasteiger partial charge in [0.2, 0.25) is 17.7 Å². The number of benzene rings is 2. The van der Waals surface area contributed by atoms with Gasteiger partial charge in [-0.1, -0.05) is 18.2 Å². The number of amides is 2. The summed E-state index contributed by atoms with van der Waals surface area (Å²) in [6.07, 6.45) is -3.22. The van der Waals surface area contributed by atoms with E-state index in [1.807, 2.05) is 6.07 Å². The van der Waals surface area contributed by atoms with Gasteiger partial charge >= 0.3 is 6.18 Å². The quantitative estimate of drug-likeness (QED) is 0.423. The van der Waals surface area contributed by atoms with Gasteiger partial charge in [0.1, 0.15) is 0 Å². The molecule has 2 aromatic carbocycles. The smallest absolute Gasteiger partial charge is 0.393 e. The zero-order valence-corrected chi connectivity index (χ0v) is 19.7. The summed E-state index contributed by atoms with van der Waals surface area (Å²) < 4.78 is 67.0. The lowest BCUT2D eigenvalue weighted by molar-refractivity contribution is -0.147. The van der Waals surface area contributed by atoms with E-state index in [0.717, 1.165) is 28.2 Å². The number of hydrogen-bond acceptors (Lipinski definition) is 3. The number of anilines is 2. The van der Waals surface area contributed by atoms with Crippen molar-refractivity contribution in [2.75, 3.05) is 16.8 Å². The van der Waals surface area contributed by atoms with Crippen molar-refractivity contribution in [3.63, 3.8) is 0 Å². The Hall–Kier alpha value is -3.27. The van der Waals surface area contributed by atoms with E-state index in [1.54, 1.807) is 12.1 Å². The van der Waals surface area contributed by atoms with E-state index in [9.17, 15) is 36.6 Å². The number of rotatable bonds is 3. The van der Waals surface area contributed by atoms with Crippen molar-refractivity contribution in [2.24, 2.45) is 5.92 Å². The highest BCUT2D eigenvalue weighted by molar-refractivity contribution is 6.07. The summed E-state index contributed by atoms with van der Waals surface area (Å²) in [5.41, 5.74) is 2.15. The van der Waals surface area contributed by atoms with Crippen LogP contribution in [-0.2, 0) is 28.6 Å². The minimum Gasteiger partial charge on any atom is -0.393 e. The zero-order chi connectivity index (χ0) is 26.5. The molecular formula is C27H25F5N2O3. The van der Waals surface area contributed by atoms with Gasteiger partial charge in [0.15, 0.2) is 0 Å². The topological polar surface area (TPSA) is 69.6 Å². The number of nitrogens with zero attached hydrogens (tertiary/aromatic N) is 1. The van der Waals surface area contributed by atoms with Crippen molar-refractivity contribution in [3.8, 4) is 0 Å². The summed E-state index contributed by atoms with van der Waals surface area (Å²) in [7, 11) is 0. The molecule has 196 valence electrons. The maximum Gasteiger partial charge on any atom is 0.416 e. The molecular weight excluding hydrogens is 495 g/mol. The molecule has 0 bridgehead atoms. The average molecular weight is 520 g/mol. The number of aliphatic hydroxyl groups is 1. The van der Waals surface area contributed by atoms with E-state index in [4.69, 9.17) is 0 Å². The normalized spacial score (nSPS) is 22.2. The Kier molecular flexibility index (Phi) is 6.34. The number of alkyl halides is 5. The summed E-state index contributed by atoms with van der Waals surface area (Å²) in [4.78, 5) is 27.0. The largest absolute Gasteiger partial charge is 0.416 e. The van der Waals surface area contributed by atoms with Gasteiger partial charge in [0.25, 0.3) is 0 Å². The average Bonchev–Trinajstić information content (AvgIpc) is 2.81. The summed E-state index contributed by atoms with van der Waals surface area (Å²) in [5, 5.41) is 12.9. The van der Waals surface area contributed by atoms with Gasteiger partial charge in [-0.15, -0.1) is 0 Å². The Morgan fingerprint density at radius 2 is 1.86 bits per heavy atom. The van der Waals surface area contributed by atoms with Crippen LogP contribution in [0, 0.1) is 5.92 Å². The second-order valence-electron chi connectivity index (χ2n) is 9.93. The number of aryl methyl sites for hydroxylation is 1. The maximum absolute atomic E-state index is 13.4. The Morgan fingerprint density at radius 3 is 2.57 bits per heavy atom. The summed E-state index contributed by atoms with van der Waals surface area (Å²) in [6.45, 7) is -0.0265. The number of nitrogens with one attached hydrogen (secondary N) is 1. The van der Waals surface area contributed by atoms with Crippen molar-refractivity contribution < 1.29 is 36.6 Å². The van der Waals surface area contributed by atoms with Crippen molar-refractivity contribution in [1.29, 1.82) is 0 Å². The third kappa shape index (κ3) is 5.12. The molecule has 5 rings (SSSR count). The van der Waals surface area contributed by atoms with Crippen LogP contribution in [0.15, 0.2) is 42.5 Å². The van der Waals surface area contributed by atoms with Gasteiger partial charge in [0, 0.05) is 49.1 Å². The lowest BCUT2D eigenvalue weighted by Crippen LogP contribution is -2.48. The van der Waals surface area contributed by atoms with E-state index in [0.29, 0.717) is 30.5 Å². The predicted octanol–water partition coefficient (Wildman–Crippen LogP) is 5.36. The lowest BCUT2D eigenvalue weighted by Gasteiger charge is -2.39. The molecule has 1 unspecified atom stereocenters. The zero-order valence-electron chi connectivity index (χ0n) is 19.7. The van der Waals surface area contributed by atoms with Crippen molar-refractivity contribution in [2.45, 2.75) is 56.7 Å². The molecule has 0 saturated heterocycles. The van der Waals surface area contributed by atoms with Gasteiger partial charge in [-0.05, 0) is 54.2 Å².